The zero-order chi connectivity index (χ0) is 17.3. The average Bonchev–Trinajstić information content (AvgIpc) is 3.06. The minimum absolute atomic E-state index is 0.00833. The number of sulfonamides is 1. The Morgan fingerprint density at radius 1 is 1.25 bits per heavy atom. The van der Waals surface area contributed by atoms with Crippen molar-refractivity contribution in [1.29, 1.82) is 0 Å². The Morgan fingerprint density at radius 3 is 2.58 bits per heavy atom. The van der Waals surface area contributed by atoms with Gasteiger partial charge in [-0.25, -0.2) is 13.4 Å². The number of ether oxygens (including phenoxy) is 1. The molecule has 24 heavy (non-hydrogen) atoms. The molecule has 0 amide bonds. The van der Waals surface area contributed by atoms with Crippen molar-refractivity contribution in [3.63, 3.8) is 0 Å². The van der Waals surface area contributed by atoms with Crippen LogP contribution in [0.15, 0.2) is 22.5 Å². The van der Waals surface area contributed by atoms with Crippen molar-refractivity contribution < 1.29 is 13.2 Å². The van der Waals surface area contributed by atoms with E-state index in [9.17, 15) is 8.42 Å². The minimum Gasteiger partial charge on any atom is -0.495 e. The molecule has 7 nitrogen and oxygen atoms in total. The van der Waals surface area contributed by atoms with Crippen LogP contribution in [0.3, 0.4) is 0 Å². The van der Waals surface area contributed by atoms with Gasteiger partial charge in [0.2, 0.25) is 4.34 Å². The van der Waals surface area contributed by atoms with Gasteiger partial charge in [0.1, 0.15) is 5.75 Å². The van der Waals surface area contributed by atoms with Gasteiger partial charge in [0, 0.05) is 31.7 Å². The summed E-state index contributed by atoms with van der Waals surface area (Å²) >= 11 is 6.99. The number of hydrogen-bond acceptors (Lipinski definition) is 7. The molecule has 1 saturated heterocycles. The molecule has 1 aromatic carbocycles. The molecular formula is C14H17ClN4O3S2. The van der Waals surface area contributed by atoms with E-state index in [2.05, 4.69) is 14.3 Å². The average molecular weight is 389 g/mol. The lowest BCUT2D eigenvalue weighted by molar-refractivity contribution is 0.222. The highest BCUT2D eigenvalue weighted by molar-refractivity contribution is 7.91. The van der Waals surface area contributed by atoms with Crippen LogP contribution in [0.2, 0.25) is 5.02 Å². The Bertz CT molecular complexity index is 832. The molecule has 1 aliphatic rings. The first-order chi connectivity index (χ1) is 11.4. The van der Waals surface area contributed by atoms with E-state index in [1.165, 1.54) is 11.4 Å². The summed E-state index contributed by atoms with van der Waals surface area (Å²) in [6.07, 6.45) is 0. The van der Waals surface area contributed by atoms with E-state index in [1.807, 2.05) is 7.05 Å². The van der Waals surface area contributed by atoms with Crippen LogP contribution < -0.4 is 4.74 Å². The molecule has 0 bridgehead atoms. The predicted octanol–water partition coefficient (Wildman–Crippen LogP) is 1.80. The van der Waals surface area contributed by atoms with Crippen molar-refractivity contribution in [2.75, 3.05) is 40.3 Å². The number of piperazine rings is 1. The van der Waals surface area contributed by atoms with Gasteiger partial charge in [-0.15, -0.1) is 0 Å². The van der Waals surface area contributed by atoms with Gasteiger partial charge < -0.3 is 9.64 Å². The van der Waals surface area contributed by atoms with Gasteiger partial charge in [-0.05, 0) is 36.8 Å². The van der Waals surface area contributed by atoms with E-state index in [0.29, 0.717) is 48.3 Å². The maximum absolute atomic E-state index is 12.7. The van der Waals surface area contributed by atoms with Crippen LogP contribution in [0, 0.1) is 0 Å². The first-order valence-corrected chi connectivity index (χ1v) is 9.87. The maximum atomic E-state index is 12.7. The largest absolute Gasteiger partial charge is 0.495 e. The van der Waals surface area contributed by atoms with E-state index < -0.39 is 10.0 Å². The van der Waals surface area contributed by atoms with Gasteiger partial charge in [0.05, 0.1) is 12.1 Å². The molecule has 3 rings (SSSR count). The lowest BCUT2D eigenvalue weighted by Gasteiger charge is -2.30. The summed E-state index contributed by atoms with van der Waals surface area (Å²) in [5, 5.41) is 0.424. The molecule has 2 heterocycles. The Hall–Kier alpha value is -1.26. The molecule has 0 radical (unpaired) electrons. The molecular weight excluding hydrogens is 372 g/mol. The topological polar surface area (TPSA) is 75.6 Å². The zero-order valence-electron chi connectivity index (χ0n) is 13.3. The van der Waals surface area contributed by atoms with Gasteiger partial charge in [0.25, 0.3) is 10.0 Å². The van der Waals surface area contributed by atoms with Gasteiger partial charge in [-0.3, -0.25) is 0 Å². The standard InChI is InChI=1S/C14H17ClN4O3S2/c1-18-5-7-19(8-6-18)24(20,21)14-16-13(17-23-14)10-3-4-12(22-2)11(15)9-10/h3-4,9H,5-8H2,1-2H3. The molecule has 10 heteroatoms. The van der Waals surface area contributed by atoms with Crippen molar-refractivity contribution >= 4 is 33.2 Å². The summed E-state index contributed by atoms with van der Waals surface area (Å²) < 4.78 is 36.1. The summed E-state index contributed by atoms with van der Waals surface area (Å²) in [6.45, 7) is 2.34. The van der Waals surface area contributed by atoms with Crippen molar-refractivity contribution in [2.24, 2.45) is 0 Å². The van der Waals surface area contributed by atoms with E-state index >= 15 is 0 Å². The molecule has 130 valence electrons. The monoisotopic (exact) mass is 388 g/mol. The fourth-order valence-electron chi connectivity index (χ4n) is 2.38. The molecule has 1 aliphatic heterocycles. The summed E-state index contributed by atoms with van der Waals surface area (Å²) in [5.74, 6) is 0.887. The third-order valence-corrected chi connectivity index (χ3v) is 7.08. The van der Waals surface area contributed by atoms with E-state index in [-0.39, 0.29) is 4.34 Å². The molecule has 0 aliphatic carbocycles. The molecule has 0 atom stereocenters. The first-order valence-electron chi connectivity index (χ1n) is 7.28. The van der Waals surface area contributed by atoms with Crippen LogP contribution in [-0.2, 0) is 10.0 Å². The fourth-order valence-corrected chi connectivity index (χ4v) is 4.94. The lowest BCUT2D eigenvalue weighted by atomic mass is 10.2. The normalized spacial score (nSPS) is 17.1. The number of rotatable bonds is 4. The number of nitrogens with zero attached hydrogens (tertiary/aromatic N) is 4. The second-order valence-electron chi connectivity index (χ2n) is 5.44. The molecule has 0 saturated carbocycles. The minimum atomic E-state index is -3.60. The van der Waals surface area contributed by atoms with E-state index in [4.69, 9.17) is 16.3 Å². The van der Waals surface area contributed by atoms with Crippen LogP contribution in [0.4, 0.5) is 0 Å². The smallest absolute Gasteiger partial charge is 0.272 e. The highest BCUT2D eigenvalue weighted by Gasteiger charge is 2.30. The Kier molecular flexibility index (Phi) is 5.07. The van der Waals surface area contributed by atoms with E-state index in [1.54, 1.807) is 18.2 Å². The van der Waals surface area contributed by atoms with Gasteiger partial charge in [-0.1, -0.05) is 11.6 Å². The highest BCUT2D eigenvalue weighted by Crippen LogP contribution is 2.30. The van der Waals surface area contributed by atoms with Gasteiger partial charge in [0.15, 0.2) is 5.82 Å². The third-order valence-electron chi connectivity index (χ3n) is 3.84. The third kappa shape index (κ3) is 3.40. The molecule has 0 unspecified atom stereocenters. The molecule has 2 aromatic rings. The van der Waals surface area contributed by atoms with Crippen LogP contribution >= 0.6 is 23.1 Å². The summed E-state index contributed by atoms with van der Waals surface area (Å²) in [7, 11) is -0.0986. The molecule has 1 fully saturated rings. The summed E-state index contributed by atoms with van der Waals surface area (Å²) in [5.41, 5.74) is 0.650. The Balaban J connectivity index is 1.86. The van der Waals surface area contributed by atoms with Gasteiger partial charge in [-0.2, -0.15) is 8.68 Å². The summed E-state index contributed by atoms with van der Waals surface area (Å²) in [4.78, 5) is 6.30. The Labute approximate surface area is 150 Å². The van der Waals surface area contributed by atoms with Crippen molar-refractivity contribution in [3.8, 4) is 17.1 Å². The number of hydrogen-bond donors (Lipinski definition) is 0. The fraction of sp³-hybridized carbons (Fsp3) is 0.429. The number of likely N-dealkylation sites (N-methyl/N-ethyl adjacent to an activating group) is 1. The van der Waals surface area contributed by atoms with Crippen LogP contribution in [-0.4, -0.2) is 67.3 Å². The number of benzene rings is 1. The maximum Gasteiger partial charge on any atom is 0.272 e. The molecule has 1 aromatic heterocycles. The van der Waals surface area contributed by atoms with Crippen molar-refractivity contribution in [2.45, 2.75) is 4.34 Å². The molecule has 0 N–H and O–H groups in total. The highest BCUT2D eigenvalue weighted by atomic mass is 35.5. The molecule has 0 spiro atoms. The van der Waals surface area contributed by atoms with Crippen LogP contribution in [0.25, 0.3) is 11.4 Å². The van der Waals surface area contributed by atoms with Crippen LogP contribution in [0.1, 0.15) is 0 Å². The zero-order valence-corrected chi connectivity index (χ0v) is 15.7. The van der Waals surface area contributed by atoms with E-state index in [0.717, 1.165) is 11.5 Å². The van der Waals surface area contributed by atoms with Gasteiger partial charge >= 0.3 is 0 Å². The lowest BCUT2D eigenvalue weighted by Crippen LogP contribution is -2.46. The van der Waals surface area contributed by atoms with Crippen molar-refractivity contribution in [3.05, 3.63) is 23.2 Å². The first kappa shape index (κ1) is 17.6. The van der Waals surface area contributed by atoms with Crippen LogP contribution in [0.5, 0.6) is 5.75 Å². The number of halogens is 1. The van der Waals surface area contributed by atoms with Crippen molar-refractivity contribution in [1.82, 2.24) is 18.6 Å². The number of methoxy groups -OCH3 is 1. The second kappa shape index (κ2) is 6.93. The quantitative estimate of drug-likeness (QED) is 0.795. The Morgan fingerprint density at radius 2 is 1.96 bits per heavy atom. The SMILES string of the molecule is COc1ccc(-c2nsc(S(=O)(=O)N3CCN(C)CC3)n2)cc1Cl. The number of aromatic nitrogens is 2. The second-order valence-corrected chi connectivity index (χ2v) is 8.71. The predicted molar refractivity (Wildman–Crippen MR) is 93.2 cm³/mol. The summed E-state index contributed by atoms with van der Waals surface area (Å²) in [6, 6.07) is 5.11.